The number of aromatic nitrogens is 1. The van der Waals surface area contributed by atoms with E-state index in [0.29, 0.717) is 6.54 Å². The number of halogens is 1. The van der Waals surface area contributed by atoms with Crippen LogP contribution in [0.15, 0.2) is 40.8 Å². The molecule has 2 N–H and O–H groups in total. The van der Waals surface area contributed by atoms with Gasteiger partial charge in [0.05, 0.1) is 6.54 Å². The van der Waals surface area contributed by atoms with Crippen LogP contribution >= 0.6 is 35.3 Å². The standard InChI is InChI=1S/C20H30N6S.HI/c1-3-21-20(22-9-8-18-5-4-14-27-18)24-16-17-6-7-19(23-15-17)26-12-10-25(2)11-13-26;/h4-7,14-15H,3,8-13,16H2,1-2H3,(H2,21,22,24);1H. The smallest absolute Gasteiger partial charge is 0.191 e. The summed E-state index contributed by atoms with van der Waals surface area (Å²) in [7, 11) is 2.17. The van der Waals surface area contributed by atoms with Crippen LogP contribution in [0.3, 0.4) is 0 Å². The molecule has 2 aromatic heterocycles. The van der Waals surface area contributed by atoms with E-state index in [0.717, 1.165) is 63.0 Å². The van der Waals surface area contributed by atoms with Crippen molar-refractivity contribution in [1.82, 2.24) is 20.5 Å². The number of pyridine rings is 1. The molecule has 0 saturated carbocycles. The Hall–Kier alpha value is -1.39. The second-order valence-corrected chi connectivity index (χ2v) is 7.80. The van der Waals surface area contributed by atoms with Crippen LogP contribution in [0.5, 0.6) is 0 Å². The summed E-state index contributed by atoms with van der Waals surface area (Å²) in [5.74, 6) is 1.93. The maximum absolute atomic E-state index is 4.69. The highest BCUT2D eigenvalue weighted by molar-refractivity contribution is 14.0. The van der Waals surface area contributed by atoms with Crippen molar-refractivity contribution in [3.8, 4) is 0 Å². The van der Waals surface area contributed by atoms with Crippen LogP contribution in [-0.4, -0.2) is 62.2 Å². The molecule has 0 radical (unpaired) electrons. The maximum atomic E-state index is 4.69. The first-order valence-electron chi connectivity index (χ1n) is 9.67. The van der Waals surface area contributed by atoms with E-state index in [4.69, 9.17) is 4.99 Å². The number of piperazine rings is 1. The lowest BCUT2D eigenvalue weighted by molar-refractivity contribution is 0.312. The van der Waals surface area contributed by atoms with Gasteiger partial charge >= 0.3 is 0 Å². The van der Waals surface area contributed by atoms with E-state index in [2.05, 4.69) is 69.0 Å². The van der Waals surface area contributed by atoms with Crippen molar-refractivity contribution in [3.63, 3.8) is 0 Å². The summed E-state index contributed by atoms with van der Waals surface area (Å²) in [5.41, 5.74) is 1.13. The van der Waals surface area contributed by atoms with E-state index < -0.39 is 0 Å². The predicted octanol–water partition coefficient (Wildman–Crippen LogP) is 2.81. The van der Waals surface area contributed by atoms with Crippen LogP contribution < -0.4 is 15.5 Å². The molecule has 28 heavy (non-hydrogen) atoms. The molecular formula is C20H31IN6S. The first-order valence-corrected chi connectivity index (χ1v) is 10.6. The van der Waals surface area contributed by atoms with Crippen molar-refractivity contribution in [2.45, 2.75) is 19.9 Å². The highest BCUT2D eigenvalue weighted by Crippen LogP contribution is 2.14. The third-order valence-corrected chi connectivity index (χ3v) is 5.58. The Labute approximate surface area is 189 Å². The van der Waals surface area contributed by atoms with Crippen LogP contribution in [0.2, 0.25) is 0 Å². The number of aliphatic imine (C=N–C) groups is 1. The molecule has 0 atom stereocenters. The average molecular weight is 514 g/mol. The molecule has 154 valence electrons. The number of hydrogen-bond acceptors (Lipinski definition) is 5. The minimum atomic E-state index is 0. The largest absolute Gasteiger partial charge is 0.357 e. The number of nitrogens with one attached hydrogen (secondary N) is 2. The van der Waals surface area contributed by atoms with Crippen molar-refractivity contribution >= 4 is 47.1 Å². The first kappa shape index (κ1) is 22.9. The van der Waals surface area contributed by atoms with E-state index >= 15 is 0 Å². The lowest BCUT2D eigenvalue weighted by atomic mass is 10.2. The summed E-state index contributed by atoms with van der Waals surface area (Å²) in [6.07, 6.45) is 2.97. The van der Waals surface area contributed by atoms with Crippen LogP contribution in [0.1, 0.15) is 17.4 Å². The fourth-order valence-electron chi connectivity index (χ4n) is 3.00. The molecule has 1 aliphatic rings. The fourth-order valence-corrected chi connectivity index (χ4v) is 3.71. The normalized spacial score (nSPS) is 15.2. The minimum Gasteiger partial charge on any atom is -0.357 e. The molecule has 2 aromatic rings. The van der Waals surface area contributed by atoms with Gasteiger partial charge in [0.15, 0.2) is 5.96 Å². The molecule has 0 amide bonds. The molecule has 0 aliphatic carbocycles. The van der Waals surface area contributed by atoms with Gasteiger partial charge in [-0.25, -0.2) is 9.98 Å². The van der Waals surface area contributed by atoms with Crippen LogP contribution in [0, 0.1) is 0 Å². The van der Waals surface area contributed by atoms with Gasteiger partial charge in [0, 0.05) is 50.3 Å². The number of rotatable bonds is 7. The monoisotopic (exact) mass is 514 g/mol. The summed E-state index contributed by atoms with van der Waals surface area (Å²) >= 11 is 1.80. The number of likely N-dealkylation sites (N-methyl/N-ethyl adjacent to an activating group) is 1. The SMILES string of the molecule is CCNC(=NCc1ccc(N2CCN(C)CC2)nc1)NCCc1cccs1.I. The van der Waals surface area contributed by atoms with E-state index in [-0.39, 0.29) is 24.0 Å². The number of nitrogens with zero attached hydrogens (tertiary/aromatic N) is 4. The summed E-state index contributed by atoms with van der Waals surface area (Å²) in [5, 5.41) is 8.84. The number of thiophene rings is 1. The maximum Gasteiger partial charge on any atom is 0.191 e. The van der Waals surface area contributed by atoms with Crippen LogP contribution in [-0.2, 0) is 13.0 Å². The minimum absolute atomic E-state index is 0. The third-order valence-electron chi connectivity index (χ3n) is 4.64. The zero-order valence-corrected chi connectivity index (χ0v) is 19.9. The number of anilines is 1. The zero-order chi connectivity index (χ0) is 18.9. The van der Waals surface area contributed by atoms with Gasteiger partial charge in [-0.2, -0.15) is 0 Å². The Morgan fingerprint density at radius 3 is 2.64 bits per heavy atom. The van der Waals surface area contributed by atoms with Crippen LogP contribution in [0.25, 0.3) is 0 Å². The lowest BCUT2D eigenvalue weighted by Crippen LogP contribution is -2.44. The van der Waals surface area contributed by atoms with E-state index in [1.54, 1.807) is 11.3 Å². The highest BCUT2D eigenvalue weighted by atomic mass is 127. The van der Waals surface area contributed by atoms with Crippen molar-refractivity contribution in [3.05, 3.63) is 46.3 Å². The van der Waals surface area contributed by atoms with Gasteiger partial charge in [-0.15, -0.1) is 35.3 Å². The fraction of sp³-hybridized carbons (Fsp3) is 0.500. The van der Waals surface area contributed by atoms with Gasteiger partial charge < -0.3 is 20.4 Å². The Morgan fingerprint density at radius 2 is 2.00 bits per heavy atom. The van der Waals surface area contributed by atoms with Crippen LogP contribution in [0.4, 0.5) is 5.82 Å². The van der Waals surface area contributed by atoms with Gasteiger partial charge in [0.1, 0.15) is 5.82 Å². The van der Waals surface area contributed by atoms with Crippen molar-refractivity contribution in [2.24, 2.45) is 4.99 Å². The molecular weight excluding hydrogens is 483 g/mol. The molecule has 3 heterocycles. The quantitative estimate of drug-likeness (QED) is 0.338. The first-order chi connectivity index (χ1) is 13.2. The predicted molar refractivity (Wildman–Crippen MR) is 130 cm³/mol. The molecule has 0 unspecified atom stereocenters. The third kappa shape index (κ3) is 7.21. The van der Waals surface area contributed by atoms with E-state index in [9.17, 15) is 0 Å². The van der Waals surface area contributed by atoms with Crippen molar-refractivity contribution < 1.29 is 0 Å². The topological polar surface area (TPSA) is 55.8 Å². The molecule has 1 fully saturated rings. The molecule has 8 heteroatoms. The summed E-state index contributed by atoms with van der Waals surface area (Å²) < 4.78 is 0. The molecule has 0 bridgehead atoms. The van der Waals surface area contributed by atoms with Gasteiger partial charge in [0.2, 0.25) is 0 Å². The Balaban J connectivity index is 0.00000280. The molecule has 1 aliphatic heterocycles. The van der Waals surface area contributed by atoms with Crippen molar-refractivity contribution in [1.29, 1.82) is 0 Å². The van der Waals surface area contributed by atoms with Gasteiger partial charge in [-0.05, 0) is 43.5 Å². The van der Waals surface area contributed by atoms with Gasteiger partial charge in [-0.3, -0.25) is 0 Å². The second kappa shape index (κ2) is 12.2. The summed E-state index contributed by atoms with van der Waals surface area (Å²) in [6, 6.07) is 8.52. The molecule has 3 rings (SSSR count). The lowest BCUT2D eigenvalue weighted by Gasteiger charge is -2.33. The Bertz CT molecular complexity index is 696. The average Bonchev–Trinajstić information content (AvgIpc) is 3.21. The van der Waals surface area contributed by atoms with Crippen molar-refractivity contribution in [2.75, 3.05) is 51.2 Å². The highest BCUT2D eigenvalue weighted by Gasteiger charge is 2.14. The summed E-state index contributed by atoms with van der Waals surface area (Å²) in [4.78, 5) is 15.4. The molecule has 0 aromatic carbocycles. The van der Waals surface area contributed by atoms with E-state index in [1.807, 2.05) is 6.20 Å². The molecule has 6 nitrogen and oxygen atoms in total. The zero-order valence-electron chi connectivity index (χ0n) is 16.7. The van der Waals surface area contributed by atoms with Gasteiger partial charge in [-0.1, -0.05) is 12.1 Å². The Morgan fingerprint density at radius 1 is 1.18 bits per heavy atom. The van der Waals surface area contributed by atoms with Gasteiger partial charge in [0.25, 0.3) is 0 Å². The second-order valence-electron chi connectivity index (χ2n) is 6.77. The molecule has 1 saturated heterocycles. The summed E-state index contributed by atoms with van der Waals surface area (Å²) in [6.45, 7) is 8.72. The van der Waals surface area contributed by atoms with E-state index in [1.165, 1.54) is 4.88 Å². The molecule has 0 spiro atoms. The number of hydrogen-bond donors (Lipinski definition) is 2. The Kier molecular flexibility index (Phi) is 10.0. The number of guanidine groups is 1.